The Kier molecular flexibility index (Phi) is 5.61. The van der Waals surface area contributed by atoms with Gasteiger partial charge in [0.25, 0.3) is 0 Å². The molecule has 0 fully saturated rings. The molecule has 1 atom stereocenters. The summed E-state index contributed by atoms with van der Waals surface area (Å²) in [6.07, 6.45) is 1.61. The van der Waals surface area contributed by atoms with Gasteiger partial charge in [0.15, 0.2) is 8.32 Å². The first-order chi connectivity index (χ1) is 7.42. The quantitative estimate of drug-likeness (QED) is 0.544. The van der Waals surface area contributed by atoms with E-state index in [-0.39, 0.29) is 10.5 Å². The summed E-state index contributed by atoms with van der Waals surface area (Å²) in [6.45, 7) is 18.5. The molecule has 0 bridgehead atoms. The molecule has 0 amide bonds. The first-order valence-electron chi connectivity index (χ1n) is 6.49. The van der Waals surface area contributed by atoms with Crippen molar-refractivity contribution in [1.29, 1.82) is 0 Å². The van der Waals surface area contributed by atoms with Crippen LogP contribution < -0.4 is 0 Å². The third kappa shape index (κ3) is 5.34. The maximum absolute atomic E-state index is 10.7. The maximum atomic E-state index is 10.7. The zero-order valence-corrected chi connectivity index (χ0v) is 13.9. The van der Waals surface area contributed by atoms with E-state index >= 15 is 0 Å². The molecule has 0 aliphatic carbocycles. The lowest BCUT2D eigenvalue weighted by Gasteiger charge is -2.39. The highest BCUT2D eigenvalue weighted by Crippen LogP contribution is 2.38. The molecule has 0 aliphatic heterocycles. The Morgan fingerprint density at radius 3 is 1.88 bits per heavy atom. The fourth-order valence-corrected chi connectivity index (χ4v) is 2.36. The summed E-state index contributed by atoms with van der Waals surface area (Å²) in [7, 11) is -1.69. The number of carbonyl (C=O) groups is 1. The first kappa shape index (κ1) is 16.8. The molecule has 3 heteroatoms. The molecule has 0 spiro atoms. The van der Waals surface area contributed by atoms with Crippen LogP contribution in [0.15, 0.2) is 0 Å². The molecular weight excluding hydrogens is 228 g/mol. The second kappa shape index (κ2) is 5.66. The number of hydrogen-bond acceptors (Lipinski definition) is 2. The molecule has 0 aromatic carbocycles. The van der Waals surface area contributed by atoms with Gasteiger partial charge in [-0.15, -0.1) is 0 Å². The van der Waals surface area contributed by atoms with E-state index < -0.39 is 8.32 Å². The van der Waals surface area contributed by atoms with Crippen LogP contribution in [0, 0.1) is 11.3 Å². The molecular formula is C14H30O2Si. The average molecular weight is 258 g/mol. The summed E-state index contributed by atoms with van der Waals surface area (Å²) in [6, 6.07) is 0. The van der Waals surface area contributed by atoms with E-state index in [9.17, 15) is 4.79 Å². The third-order valence-electron chi connectivity index (χ3n) is 4.06. The summed E-state index contributed by atoms with van der Waals surface area (Å²) >= 11 is 0. The van der Waals surface area contributed by atoms with E-state index in [1.165, 1.54) is 0 Å². The number of aldehydes is 1. The Morgan fingerprint density at radius 2 is 1.59 bits per heavy atom. The minimum atomic E-state index is -1.69. The van der Waals surface area contributed by atoms with Gasteiger partial charge in [-0.3, -0.25) is 0 Å². The van der Waals surface area contributed by atoms with E-state index in [0.29, 0.717) is 18.9 Å². The molecule has 0 radical (unpaired) electrons. The second-order valence-corrected chi connectivity index (χ2v) is 12.3. The topological polar surface area (TPSA) is 26.3 Å². The van der Waals surface area contributed by atoms with Crippen molar-refractivity contribution >= 4 is 14.6 Å². The van der Waals surface area contributed by atoms with E-state index in [1.807, 2.05) is 0 Å². The normalized spacial score (nSPS) is 15.8. The molecule has 0 rings (SSSR count). The van der Waals surface area contributed by atoms with Gasteiger partial charge in [-0.2, -0.15) is 0 Å². The van der Waals surface area contributed by atoms with Gasteiger partial charge < -0.3 is 9.22 Å². The van der Waals surface area contributed by atoms with Gasteiger partial charge in [-0.05, 0) is 29.5 Å². The van der Waals surface area contributed by atoms with Gasteiger partial charge in [0, 0.05) is 13.0 Å². The minimum Gasteiger partial charge on any atom is -0.417 e. The average Bonchev–Trinajstić information content (AvgIpc) is 2.08. The third-order valence-corrected chi connectivity index (χ3v) is 8.56. The van der Waals surface area contributed by atoms with Crippen LogP contribution in [0.3, 0.4) is 0 Å². The highest BCUT2D eigenvalue weighted by molar-refractivity contribution is 6.74. The van der Waals surface area contributed by atoms with Gasteiger partial charge in [0.05, 0.1) is 0 Å². The standard InChI is InChI=1S/C14H30O2Si/c1-13(2,3)12(9-10-15)11-16-17(7,8)14(4,5)6/h10,12H,9,11H2,1-8H3. The van der Waals surface area contributed by atoms with E-state index in [2.05, 4.69) is 54.6 Å². The van der Waals surface area contributed by atoms with Gasteiger partial charge in [-0.25, -0.2) is 0 Å². The highest BCUT2D eigenvalue weighted by Gasteiger charge is 2.38. The monoisotopic (exact) mass is 258 g/mol. The predicted octanol–water partition coefficient (Wildman–Crippen LogP) is 4.26. The van der Waals surface area contributed by atoms with Crippen molar-refractivity contribution in [3.63, 3.8) is 0 Å². The van der Waals surface area contributed by atoms with Crippen molar-refractivity contribution < 1.29 is 9.22 Å². The van der Waals surface area contributed by atoms with Crippen molar-refractivity contribution in [1.82, 2.24) is 0 Å². The minimum absolute atomic E-state index is 0.128. The van der Waals surface area contributed by atoms with Crippen molar-refractivity contribution in [2.24, 2.45) is 11.3 Å². The van der Waals surface area contributed by atoms with Gasteiger partial charge in [0.2, 0.25) is 0 Å². The molecule has 0 aliphatic rings. The molecule has 0 saturated carbocycles. The van der Waals surface area contributed by atoms with Crippen molar-refractivity contribution in [2.75, 3.05) is 6.61 Å². The Bertz CT molecular complexity index is 246. The van der Waals surface area contributed by atoms with Crippen LogP contribution in [0.25, 0.3) is 0 Å². The zero-order valence-electron chi connectivity index (χ0n) is 12.9. The van der Waals surface area contributed by atoms with Crippen LogP contribution in [0.4, 0.5) is 0 Å². The largest absolute Gasteiger partial charge is 0.417 e. The first-order valence-corrected chi connectivity index (χ1v) is 9.40. The molecule has 0 saturated heterocycles. The molecule has 0 aromatic heterocycles. The molecule has 17 heavy (non-hydrogen) atoms. The molecule has 2 nitrogen and oxygen atoms in total. The SMILES string of the molecule is CC(C)(C)C(CC=O)CO[Si](C)(C)C(C)(C)C. The summed E-state index contributed by atoms with van der Waals surface area (Å²) in [4.78, 5) is 10.7. The Morgan fingerprint density at radius 1 is 1.12 bits per heavy atom. The fourth-order valence-electron chi connectivity index (χ4n) is 1.31. The van der Waals surface area contributed by atoms with Crippen molar-refractivity contribution in [3.05, 3.63) is 0 Å². The smallest absolute Gasteiger partial charge is 0.191 e. The van der Waals surface area contributed by atoms with Crippen LogP contribution in [0.2, 0.25) is 18.1 Å². The summed E-state index contributed by atoms with van der Waals surface area (Å²) < 4.78 is 6.22. The van der Waals surface area contributed by atoms with E-state index in [4.69, 9.17) is 4.43 Å². The lowest BCUT2D eigenvalue weighted by Crippen LogP contribution is -2.43. The fraction of sp³-hybridized carbons (Fsp3) is 0.929. The molecule has 102 valence electrons. The molecule has 0 N–H and O–H groups in total. The van der Waals surface area contributed by atoms with Crippen molar-refractivity contribution in [3.8, 4) is 0 Å². The molecule has 0 aromatic rings. The zero-order chi connectivity index (χ0) is 13.9. The van der Waals surface area contributed by atoms with Crippen LogP contribution in [0.1, 0.15) is 48.0 Å². The molecule has 0 heterocycles. The lowest BCUT2D eigenvalue weighted by molar-refractivity contribution is -0.109. The Balaban J connectivity index is 4.57. The Labute approximate surface area is 108 Å². The lowest BCUT2D eigenvalue weighted by atomic mass is 9.80. The number of rotatable bonds is 5. The summed E-state index contributed by atoms with van der Waals surface area (Å²) in [5.74, 6) is 0.314. The van der Waals surface area contributed by atoms with Crippen LogP contribution in [-0.4, -0.2) is 21.2 Å². The van der Waals surface area contributed by atoms with Crippen LogP contribution >= 0.6 is 0 Å². The Hall–Kier alpha value is -0.153. The predicted molar refractivity (Wildman–Crippen MR) is 76.8 cm³/mol. The second-order valence-electron chi connectivity index (χ2n) is 7.54. The molecule has 1 unspecified atom stereocenters. The number of carbonyl (C=O) groups excluding carboxylic acids is 1. The highest BCUT2D eigenvalue weighted by atomic mass is 28.4. The summed E-state index contributed by atoms with van der Waals surface area (Å²) in [5, 5.41) is 0.233. The van der Waals surface area contributed by atoms with Gasteiger partial charge in [-0.1, -0.05) is 41.5 Å². The van der Waals surface area contributed by atoms with Gasteiger partial charge >= 0.3 is 0 Å². The maximum Gasteiger partial charge on any atom is 0.191 e. The van der Waals surface area contributed by atoms with Crippen molar-refractivity contribution in [2.45, 2.75) is 66.1 Å². The summed E-state index contributed by atoms with van der Waals surface area (Å²) in [5.41, 5.74) is 0.128. The number of hydrogen-bond donors (Lipinski definition) is 0. The van der Waals surface area contributed by atoms with E-state index in [0.717, 1.165) is 6.29 Å². The van der Waals surface area contributed by atoms with Gasteiger partial charge in [0.1, 0.15) is 6.29 Å². The van der Waals surface area contributed by atoms with Crippen LogP contribution in [-0.2, 0) is 9.22 Å². The van der Waals surface area contributed by atoms with Crippen LogP contribution in [0.5, 0.6) is 0 Å². The van der Waals surface area contributed by atoms with E-state index in [1.54, 1.807) is 0 Å².